The van der Waals surface area contributed by atoms with E-state index in [1.807, 2.05) is 56.3 Å². The van der Waals surface area contributed by atoms with Crippen LogP contribution in [-0.4, -0.2) is 18.9 Å². The van der Waals surface area contributed by atoms with Crippen LogP contribution in [0.5, 0.6) is 11.5 Å². The van der Waals surface area contributed by atoms with Crippen LogP contribution in [0.4, 0.5) is 11.4 Å². The number of nitrogens with one attached hydrogen (secondary N) is 1. The van der Waals surface area contributed by atoms with Crippen LogP contribution in [0.25, 0.3) is 0 Å². The fourth-order valence-corrected chi connectivity index (χ4v) is 3.40. The van der Waals surface area contributed by atoms with Crippen molar-refractivity contribution in [1.82, 2.24) is 0 Å². The Morgan fingerprint density at radius 3 is 2.39 bits per heavy atom. The van der Waals surface area contributed by atoms with Crippen LogP contribution in [0.2, 0.25) is 0 Å². The van der Waals surface area contributed by atoms with Gasteiger partial charge in [-0.3, -0.25) is 9.59 Å². The van der Waals surface area contributed by atoms with Gasteiger partial charge in [-0.2, -0.15) is 0 Å². The molecule has 0 spiro atoms. The molecule has 0 bridgehead atoms. The van der Waals surface area contributed by atoms with E-state index in [0.29, 0.717) is 34.0 Å². The molecule has 0 fully saturated rings. The molecule has 28 heavy (non-hydrogen) atoms. The number of anilines is 2. The van der Waals surface area contributed by atoms with Crippen LogP contribution in [0.3, 0.4) is 0 Å². The number of amides is 2. The molecule has 0 saturated carbocycles. The van der Waals surface area contributed by atoms with Crippen molar-refractivity contribution in [1.29, 1.82) is 0 Å². The van der Waals surface area contributed by atoms with Gasteiger partial charge in [0.25, 0.3) is 11.8 Å². The zero-order valence-electron chi connectivity index (χ0n) is 15.9. The Kier molecular flexibility index (Phi) is 4.35. The lowest BCUT2D eigenvalue weighted by Crippen LogP contribution is -2.25. The van der Waals surface area contributed by atoms with Gasteiger partial charge in [0.2, 0.25) is 0 Å². The first-order valence-corrected chi connectivity index (χ1v) is 9.01. The molecule has 140 valence electrons. The average molecular weight is 372 g/mol. The van der Waals surface area contributed by atoms with Gasteiger partial charge in [-0.25, -0.2) is 0 Å². The van der Waals surface area contributed by atoms with Crippen molar-refractivity contribution in [3.63, 3.8) is 0 Å². The first kappa shape index (κ1) is 17.8. The fourth-order valence-electron chi connectivity index (χ4n) is 3.40. The molecule has 1 N–H and O–H groups in total. The van der Waals surface area contributed by atoms with E-state index in [4.69, 9.17) is 4.74 Å². The highest BCUT2D eigenvalue weighted by Gasteiger charge is 2.26. The van der Waals surface area contributed by atoms with Crippen molar-refractivity contribution in [3.05, 3.63) is 82.9 Å². The number of ether oxygens (including phenoxy) is 1. The van der Waals surface area contributed by atoms with Gasteiger partial charge in [0.15, 0.2) is 5.75 Å². The quantitative estimate of drug-likeness (QED) is 0.693. The summed E-state index contributed by atoms with van der Waals surface area (Å²) in [5, 5.41) is 2.87. The Balaban J connectivity index is 1.66. The number of rotatable bonds is 2. The van der Waals surface area contributed by atoms with Gasteiger partial charge in [0, 0.05) is 18.3 Å². The molecule has 0 unspecified atom stereocenters. The highest BCUT2D eigenvalue weighted by atomic mass is 16.5. The normalized spacial score (nSPS) is 12.5. The van der Waals surface area contributed by atoms with Crippen molar-refractivity contribution in [2.24, 2.45) is 0 Å². The summed E-state index contributed by atoms with van der Waals surface area (Å²) >= 11 is 0. The predicted octanol–water partition coefficient (Wildman–Crippen LogP) is 4.94. The summed E-state index contributed by atoms with van der Waals surface area (Å²) in [5.41, 5.74) is 4.27. The minimum atomic E-state index is -0.217. The summed E-state index contributed by atoms with van der Waals surface area (Å²) in [6, 6.07) is 18.2. The number of benzene rings is 3. The van der Waals surface area contributed by atoms with E-state index in [2.05, 4.69) is 5.32 Å². The SMILES string of the molecule is Cc1cc(C)cc(C(=O)Nc2ccc3c(c2)C(=O)N(C)c2ccccc2O3)c1. The molecule has 1 aliphatic rings. The smallest absolute Gasteiger partial charge is 0.261 e. The molecule has 0 saturated heterocycles. The van der Waals surface area contributed by atoms with Gasteiger partial charge in [0.1, 0.15) is 5.75 Å². The van der Waals surface area contributed by atoms with Gasteiger partial charge in [-0.1, -0.05) is 29.3 Å². The van der Waals surface area contributed by atoms with E-state index < -0.39 is 0 Å². The third kappa shape index (κ3) is 3.22. The van der Waals surface area contributed by atoms with E-state index in [0.717, 1.165) is 11.1 Å². The Hall–Kier alpha value is -3.60. The van der Waals surface area contributed by atoms with Crippen LogP contribution in [-0.2, 0) is 0 Å². The predicted molar refractivity (Wildman–Crippen MR) is 110 cm³/mol. The summed E-state index contributed by atoms with van der Waals surface area (Å²) in [7, 11) is 1.71. The Morgan fingerprint density at radius 1 is 0.929 bits per heavy atom. The highest BCUT2D eigenvalue weighted by molar-refractivity contribution is 6.11. The molecule has 4 rings (SSSR count). The third-order valence-electron chi connectivity index (χ3n) is 4.70. The maximum absolute atomic E-state index is 12.9. The topological polar surface area (TPSA) is 58.6 Å². The monoisotopic (exact) mass is 372 g/mol. The number of para-hydroxylation sites is 2. The minimum Gasteiger partial charge on any atom is -0.454 e. The van der Waals surface area contributed by atoms with Crippen molar-refractivity contribution >= 4 is 23.2 Å². The van der Waals surface area contributed by atoms with E-state index in [1.165, 1.54) is 0 Å². The molecular weight excluding hydrogens is 352 g/mol. The maximum Gasteiger partial charge on any atom is 0.261 e. The zero-order chi connectivity index (χ0) is 19.8. The number of nitrogens with zero attached hydrogens (tertiary/aromatic N) is 1. The molecular formula is C23H20N2O3. The fraction of sp³-hybridized carbons (Fsp3) is 0.130. The van der Waals surface area contributed by atoms with Gasteiger partial charge >= 0.3 is 0 Å². The molecule has 5 nitrogen and oxygen atoms in total. The zero-order valence-corrected chi connectivity index (χ0v) is 15.9. The first-order chi connectivity index (χ1) is 13.4. The summed E-state index contributed by atoms with van der Waals surface area (Å²) < 4.78 is 5.94. The van der Waals surface area contributed by atoms with E-state index >= 15 is 0 Å². The minimum absolute atomic E-state index is 0.192. The molecule has 2 amide bonds. The molecule has 3 aromatic carbocycles. The largest absolute Gasteiger partial charge is 0.454 e. The second kappa shape index (κ2) is 6.85. The molecule has 0 radical (unpaired) electrons. The van der Waals surface area contributed by atoms with Crippen LogP contribution in [0.15, 0.2) is 60.7 Å². The van der Waals surface area contributed by atoms with Crippen LogP contribution < -0.4 is 15.0 Å². The summed E-state index contributed by atoms with van der Waals surface area (Å²) in [6.07, 6.45) is 0. The Labute approximate surface area is 163 Å². The lowest BCUT2D eigenvalue weighted by Gasteiger charge is -2.16. The van der Waals surface area contributed by atoms with Gasteiger partial charge in [-0.15, -0.1) is 0 Å². The number of fused-ring (bicyclic) bond motifs is 2. The van der Waals surface area contributed by atoms with E-state index in [9.17, 15) is 9.59 Å². The van der Waals surface area contributed by atoms with Gasteiger partial charge < -0.3 is 15.0 Å². The number of hydrogen-bond donors (Lipinski definition) is 1. The molecule has 0 aliphatic carbocycles. The molecule has 5 heteroatoms. The first-order valence-electron chi connectivity index (χ1n) is 9.01. The van der Waals surface area contributed by atoms with Gasteiger partial charge in [-0.05, 0) is 56.3 Å². The Bertz CT molecular complexity index is 1080. The lowest BCUT2D eigenvalue weighted by molar-refractivity contribution is 0.0990. The number of aryl methyl sites for hydroxylation is 2. The van der Waals surface area contributed by atoms with Gasteiger partial charge in [0.05, 0.1) is 11.3 Å². The van der Waals surface area contributed by atoms with Crippen molar-refractivity contribution < 1.29 is 14.3 Å². The van der Waals surface area contributed by atoms with E-state index in [-0.39, 0.29) is 11.8 Å². The molecule has 1 aliphatic heterocycles. The van der Waals surface area contributed by atoms with Crippen molar-refractivity contribution in [3.8, 4) is 11.5 Å². The van der Waals surface area contributed by atoms with Crippen LogP contribution >= 0.6 is 0 Å². The highest BCUT2D eigenvalue weighted by Crippen LogP contribution is 2.38. The second-order valence-corrected chi connectivity index (χ2v) is 6.98. The standard InChI is InChI=1S/C23H20N2O3/c1-14-10-15(2)12-16(11-14)22(26)24-17-8-9-20-18(13-17)23(27)25(3)19-6-4-5-7-21(19)28-20/h4-13H,1-3H3,(H,24,26). The third-order valence-corrected chi connectivity index (χ3v) is 4.70. The van der Waals surface area contributed by atoms with Crippen molar-refractivity contribution in [2.75, 3.05) is 17.3 Å². The lowest BCUT2D eigenvalue weighted by atomic mass is 10.1. The number of carbonyl (C=O) groups is 2. The second-order valence-electron chi connectivity index (χ2n) is 6.98. The Morgan fingerprint density at radius 2 is 1.64 bits per heavy atom. The van der Waals surface area contributed by atoms with Crippen molar-refractivity contribution in [2.45, 2.75) is 13.8 Å². The number of carbonyl (C=O) groups excluding carboxylic acids is 2. The van der Waals surface area contributed by atoms with Crippen LogP contribution in [0, 0.1) is 13.8 Å². The molecule has 0 atom stereocenters. The maximum atomic E-state index is 12.9. The molecule has 0 aromatic heterocycles. The number of hydrogen-bond acceptors (Lipinski definition) is 3. The summed E-state index contributed by atoms with van der Waals surface area (Å²) in [4.78, 5) is 27.1. The van der Waals surface area contributed by atoms with Crippen LogP contribution in [0.1, 0.15) is 31.8 Å². The molecule has 3 aromatic rings. The van der Waals surface area contributed by atoms with E-state index in [1.54, 1.807) is 30.1 Å². The summed E-state index contributed by atoms with van der Waals surface area (Å²) in [5.74, 6) is 0.670. The molecule has 1 heterocycles. The summed E-state index contributed by atoms with van der Waals surface area (Å²) in [6.45, 7) is 3.91. The average Bonchev–Trinajstić information content (AvgIpc) is 2.77.